The van der Waals surface area contributed by atoms with E-state index in [0.29, 0.717) is 28.1 Å². The van der Waals surface area contributed by atoms with Crippen LogP contribution in [0.5, 0.6) is 0 Å². The van der Waals surface area contributed by atoms with Gasteiger partial charge in [-0.1, -0.05) is 24.0 Å². The summed E-state index contributed by atoms with van der Waals surface area (Å²) in [6, 6.07) is 3.61. The predicted molar refractivity (Wildman–Crippen MR) is 98.5 cm³/mol. The molecule has 0 spiro atoms. The van der Waals surface area contributed by atoms with Crippen LogP contribution in [0, 0.1) is 5.92 Å². The lowest BCUT2D eigenvalue weighted by molar-refractivity contribution is -0.149. The number of carbonyl (C=O) groups excluding carboxylic acids is 2. The van der Waals surface area contributed by atoms with Crippen molar-refractivity contribution in [2.75, 3.05) is 19.7 Å². The monoisotopic (exact) mass is 380 g/mol. The van der Waals surface area contributed by atoms with Crippen LogP contribution >= 0.6 is 24.0 Å². The molecule has 1 amide bonds. The highest BCUT2D eigenvalue weighted by molar-refractivity contribution is 8.26. The normalized spacial score (nSPS) is 20.6. The first kappa shape index (κ1) is 18.0. The summed E-state index contributed by atoms with van der Waals surface area (Å²) in [6.07, 6.45) is 4.92. The Morgan fingerprint density at radius 3 is 2.88 bits per heavy atom. The van der Waals surface area contributed by atoms with Crippen molar-refractivity contribution < 1.29 is 18.7 Å². The summed E-state index contributed by atoms with van der Waals surface area (Å²) >= 11 is 6.63. The highest BCUT2D eigenvalue weighted by Gasteiger charge is 2.34. The van der Waals surface area contributed by atoms with Crippen LogP contribution in [0.15, 0.2) is 33.9 Å². The Labute approximate surface area is 156 Å². The van der Waals surface area contributed by atoms with Crippen molar-refractivity contribution in [1.82, 2.24) is 9.80 Å². The van der Waals surface area contributed by atoms with Crippen LogP contribution in [-0.2, 0) is 20.9 Å². The van der Waals surface area contributed by atoms with E-state index in [0.717, 1.165) is 25.9 Å². The zero-order valence-corrected chi connectivity index (χ0v) is 15.6. The van der Waals surface area contributed by atoms with E-state index in [2.05, 4.69) is 4.90 Å². The molecule has 0 unspecified atom stereocenters. The van der Waals surface area contributed by atoms with E-state index < -0.39 is 0 Å². The van der Waals surface area contributed by atoms with Gasteiger partial charge in [0.2, 0.25) is 0 Å². The number of ether oxygens (including phenoxy) is 1. The van der Waals surface area contributed by atoms with Crippen molar-refractivity contribution in [2.24, 2.45) is 5.92 Å². The minimum absolute atomic E-state index is 0.0435. The maximum Gasteiger partial charge on any atom is 0.309 e. The number of likely N-dealkylation sites (tertiary alicyclic amines) is 1. The second-order valence-corrected chi connectivity index (χ2v) is 7.57. The molecular weight excluding hydrogens is 360 g/mol. The average Bonchev–Trinajstić information content (AvgIpc) is 3.20. The summed E-state index contributed by atoms with van der Waals surface area (Å²) in [5, 5.41) is 0. The van der Waals surface area contributed by atoms with Crippen molar-refractivity contribution in [2.45, 2.75) is 26.3 Å². The molecule has 2 saturated heterocycles. The molecule has 1 aromatic heterocycles. The Bertz CT molecular complexity index is 679. The van der Waals surface area contributed by atoms with E-state index in [1.807, 2.05) is 19.2 Å². The van der Waals surface area contributed by atoms with Crippen LogP contribution in [0.25, 0.3) is 0 Å². The van der Waals surface area contributed by atoms with Gasteiger partial charge in [0.1, 0.15) is 10.1 Å². The molecule has 0 radical (unpaired) electrons. The van der Waals surface area contributed by atoms with E-state index in [-0.39, 0.29) is 17.8 Å². The average molecular weight is 380 g/mol. The SMILES string of the molecule is CCOC(=O)C1CCN(C=C2SC(=S)N(Cc3ccco3)C2=O)CC1. The molecule has 0 aromatic carbocycles. The van der Waals surface area contributed by atoms with Crippen LogP contribution in [-0.4, -0.2) is 45.7 Å². The highest BCUT2D eigenvalue weighted by Crippen LogP contribution is 2.33. The molecule has 0 aliphatic carbocycles. The molecule has 0 saturated carbocycles. The molecule has 2 aliphatic rings. The first-order chi connectivity index (χ1) is 12.1. The fourth-order valence-electron chi connectivity index (χ4n) is 2.88. The number of thiocarbonyl (C=S) groups is 1. The predicted octanol–water partition coefficient (Wildman–Crippen LogP) is 2.76. The van der Waals surface area contributed by atoms with Crippen molar-refractivity contribution >= 4 is 40.2 Å². The summed E-state index contributed by atoms with van der Waals surface area (Å²) in [4.78, 5) is 28.6. The first-order valence-electron chi connectivity index (χ1n) is 8.27. The number of furan rings is 1. The fraction of sp³-hybridized carbons (Fsp3) is 0.471. The summed E-state index contributed by atoms with van der Waals surface area (Å²) in [6.45, 7) is 4.03. The van der Waals surface area contributed by atoms with Crippen LogP contribution in [0.2, 0.25) is 0 Å². The lowest BCUT2D eigenvalue weighted by Crippen LogP contribution is -2.34. The third-order valence-electron chi connectivity index (χ3n) is 4.22. The number of nitrogens with zero attached hydrogens (tertiary/aromatic N) is 2. The third kappa shape index (κ3) is 4.24. The molecule has 8 heteroatoms. The van der Waals surface area contributed by atoms with Gasteiger partial charge in [0.05, 0.1) is 30.2 Å². The van der Waals surface area contributed by atoms with Gasteiger partial charge in [0.15, 0.2) is 0 Å². The van der Waals surface area contributed by atoms with Gasteiger partial charge < -0.3 is 14.1 Å². The van der Waals surface area contributed by atoms with Crippen molar-refractivity contribution in [3.63, 3.8) is 0 Å². The molecule has 0 atom stereocenters. The summed E-state index contributed by atoms with van der Waals surface area (Å²) in [5.41, 5.74) is 0. The topological polar surface area (TPSA) is 63.0 Å². The van der Waals surface area contributed by atoms with E-state index in [4.69, 9.17) is 21.4 Å². The van der Waals surface area contributed by atoms with Gasteiger partial charge in [-0.15, -0.1) is 0 Å². The smallest absolute Gasteiger partial charge is 0.309 e. The summed E-state index contributed by atoms with van der Waals surface area (Å²) in [5.74, 6) is 0.441. The van der Waals surface area contributed by atoms with Gasteiger partial charge >= 0.3 is 5.97 Å². The van der Waals surface area contributed by atoms with Crippen molar-refractivity contribution in [3.8, 4) is 0 Å². The van der Waals surface area contributed by atoms with E-state index in [9.17, 15) is 9.59 Å². The lowest BCUT2D eigenvalue weighted by Gasteiger charge is -2.30. The Balaban J connectivity index is 1.58. The van der Waals surface area contributed by atoms with Crippen LogP contribution in [0.4, 0.5) is 0 Å². The number of esters is 1. The molecule has 25 heavy (non-hydrogen) atoms. The molecule has 0 bridgehead atoms. The van der Waals surface area contributed by atoms with Crippen LogP contribution in [0.1, 0.15) is 25.5 Å². The van der Waals surface area contributed by atoms with Gasteiger partial charge in [-0.25, -0.2) is 0 Å². The Morgan fingerprint density at radius 2 is 2.24 bits per heavy atom. The van der Waals surface area contributed by atoms with Crippen molar-refractivity contribution in [3.05, 3.63) is 35.3 Å². The van der Waals surface area contributed by atoms with Gasteiger partial charge in [0.25, 0.3) is 5.91 Å². The number of rotatable bonds is 5. The Morgan fingerprint density at radius 1 is 1.48 bits per heavy atom. The largest absolute Gasteiger partial charge is 0.467 e. The molecule has 0 N–H and O–H groups in total. The minimum Gasteiger partial charge on any atom is -0.467 e. The number of amides is 1. The molecule has 2 fully saturated rings. The Hall–Kier alpha value is -1.80. The number of piperidine rings is 1. The maximum atomic E-state index is 12.6. The minimum atomic E-state index is -0.119. The Kier molecular flexibility index (Phi) is 5.80. The first-order valence-corrected chi connectivity index (χ1v) is 9.49. The number of thioether (sulfide) groups is 1. The highest BCUT2D eigenvalue weighted by atomic mass is 32.2. The lowest BCUT2D eigenvalue weighted by atomic mass is 9.97. The van der Waals surface area contributed by atoms with E-state index in [1.54, 1.807) is 17.2 Å². The quantitative estimate of drug-likeness (QED) is 0.442. The third-order valence-corrected chi connectivity index (χ3v) is 5.58. The van der Waals surface area contributed by atoms with E-state index in [1.165, 1.54) is 11.8 Å². The maximum absolute atomic E-state index is 12.6. The van der Waals surface area contributed by atoms with Crippen molar-refractivity contribution in [1.29, 1.82) is 0 Å². The molecular formula is C17H20N2O4S2. The van der Waals surface area contributed by atoms with Gasteiger partial charge in [-0.3, -0.25) is 14.5 Å². The van der Waals surface area contributed by atoms with Gasteiger partial charge in [-0.2, -0.15) is 0 Å². The summed E-state index contributed by atoms with van der Waals surface area (Å²) in [7, 11) is 0. The summed E-state index contributed by atoms with van der Waals surface area (Å²) < 4.78 is 10.9. The molecule has 134 valence electrons. The van der Waals surface area contributed by atoms with Crippen LogP contribution < -0.4 is 0 Å². The van der Waals surface area contributed by atoms with Crippen LogP contribution in [0.3, 0.4) is 0 Å². The van der Waals surface area contributed by atoms with Gasteiger partial charge in [0, 0.05) is 19.3 Å². The molecule has 6 nitrogen and oxygen atoms in total. The molecule has 1 aromatic rings. The second kappa shape index (κ2) is 8.05. The standard InChI is InChI=1S/C17H20N2O4S2/c1-2-22-16(21)12-5-7-18(8-6-12)11-14-15(20)19(17(24)25-14)10-13-4-3-9-23-13/h3-4,9,11-12H,2,5-8,10H2,1H3. The molecule has 2 aliphatic heterocycles. The molecule has 3 rings (SSSR count). The number of carbonyl (C=O) groups is 2. The second-order valence-electron chi connectivity index (χ2n) is 5.89. The number of hydrogen-bond acceptors (Lipinski definition) is 7. The fourth-order valence-corrected chi connectivity index (χ4v) is 4.14. The zero-order valence-electron chi connectivity index (χ0n) is 14.0. The van der Waals surface area contributed by atoms with Gasteiger partial charge in [-0.05, 0) is 31.9 Å². The molecule has 3 heterocycles. The van der Waals surface area contributed by atoms with E-state index >= 15 is 0 Å². The zero-order chi connectivity index (χ0) is 17.8. The number of hydrogen-bond donors (Lipinski definition) is 0.